The Balaban J connectivity index is 1.66. The smallest absolute Gasteiger partial charge is 0.0623 e. The first-order valence-corrected chi connectivity index (χ1v) is 7.70. The van der Waals surface area contributed by atoms with Gasteiger partial charge in [-0.3, -0.25) is 0 Å². The van der Waals surface area contributed by atoms with E-state index in [0.717, 1.165) is 11.8 Å². The summed E-state index contributed by atoms with van der Waals surface area (Å²) in [4.78, 5) is 0. The molecular weight excluding hydrogens is 210 g/mol. The van der Waals surface area contributed by atoms with Crippen LogP contribution in [0.25, 0.3) is 0 Å². The Morgan fingerprint density at radius 2 is 1.94 bits per heavy atom. The van der Waals surface area contributed by atoms with Gasteiger partial charge in [-0.15, -0.1) is 0 Å². The van der Waals surface area contributed by atoms with Crippen molar-refractivity contribution in [2.24, 2.45) is 23.5 Å². The van der Waals surface area contributed by atoms with Gasteiger partial charge in [-0.2, -0.15) is 0 Å². The molecule has 2 heteroatoms. The van der Waals surface area contributed by atoms with Crippen molar-refractivity contribution in [2.45, 2.75) is 76.5 Å². The Kier molecular flexibility index (Phi) is 3.45. The standard InChI is InChI=1S/C15H27NO/c1-2-10-5-3-4-6-12(10)15(16)13-9-11-7-8-14(13)17-11/h10-15H,2-9,16H2,1H3. The van der Waals surface area contributed by atoms with E-state index in [0.29, 0.717) is 24.2 Å². The van der Waals surface area contributed by atoms with Gasteiger partial charge < -0.3 is 10.5 Å². The highest BCUT2D eigenvalue weighted by molar-refractivity contribution is 4.97. The van der Waals surface area contributed by atoms with E-state index in [9.17, 15) is 0 Å². The van der Waals surface area contributed by atoms with Crippen molar-refractivity contribution in [3.8, 4) is 0 Å². The lowest BCUT2D eigenvalue weighted by atomic mass is 9.68. The number of rotatable bonds is 3. The minimum atomic E-state index is 0.413. The first kappa shape index (κ1) is 12.0. The third-order valence-corrected chi connectivity index (χ3v) is 5.63. The highest BCUT2D eigenvalue weighted by Crippen LogP contribution is 2.44. The summed E-state index contributed by atoms with van der Waals surface area (Å²) in [7, 11) is 0. The molecule has 2 heterocycles. The zero-order valence-corrected chi connectivity index (χ0v) is 11.1. The fourth-order valence-corrected chi connectivity index (χ4v) is 4.65. The van der Waals surface area contributed by atoms with Crippen LogP contribution in [-0.4, -0.2) is 18.2 Å². The van der Waals surface area contributed by atoms with Crippen LogP contribution in [0.2, 0.25) is 0 Å². The highest BCUT2D eigenvalue weighted by Gasteiger charge is 2.46. The molecule has 0 aromatic rings. The molecule has 1 aliphatic carbocycles. The normalized spacial score (nSPS) is 47.3. The van der Waals surface area contributed by atoms with Gasteiger partial charge in [0.05, 0.1) is 12.2 Å². The Hall–Kier alpha value is -0.0800. The fourth-order valence-electron chi connectivity index (χ4n) is 4.65. The molecule has 0 amide bonds. The summed E-state index contributed by atoms with van der Waals surface area (Å²) < 4.78 is 5.99. The lowest BCUT2D eigenvalue weighted by Crippen LogP contribution is -2.45. The molecule has 6 atom stereocenters. The predicted molar refractivity (Wildman–Crippen MR) is 69.7 cm³/mol. The average Bonchev–Trinajstić information content (AvgIpc) is 3.00. The maximum Gasteiger partial charge on any atom is 0.0623 e. The zero-order chi connectivity index (χ0) is 11.8. The molecule has 17 heavy (non-hydrogen) atoms. The minimum Gasteiger partial charge on any atom is -0.375 e. The molecule has 2 saturated heterocycles. The van der Waals surface area contributed by atoms with Crippen LogP contribution in [0.5, 0.6) is 0 Å². The second-order valence-electron chi connectivity index (χ2n) is 6.47. The van der Waals surface area contributed by atoms with Crippen LogP contribution in [-0.2, 0) is 4.74 Å². The van der Waals surface area contributed by atoms with Gasteiger partial charge in [0.25, 0.3) is 0 Å². The average molecular weight is 237 g/mol. The summed E-state index contributed by atoms with van der Waals surface area (Å²) in [5.41, 5.74) is 6.63. The molecule has 2 N–H and O–H groups in total. The van der Waals surface area contributed by atoms with Crippen LogP contribution in [0.15, 0.2) is 0 Å². The van der Waals surface area contributed by atoms with Crippen molar-refractivity contribution in [1.29, 1.82) is 0 Å². The summed E-state index contributed by atoms with van der Waals surface area (Å²) in [6.07, 6.45) is 11.8. The van der Waals surface area contributed by atoms with E-state index < -0.39 is 0 Å². The van der Waals surface area contributed by atoms with Crippen molar-refractivity contribution >= 4 is 0 Å². The lowest BCUT2D eigenvalue weighted by Gasteiger charge is -2.39. The maximum atomic E-state index is 6.63. The second kappa shape index (κ2) is 4.89. The topological polar surface area (TPSA) is 35.2 Å². The molecule has 0 radical (unpaired) electrons. The molecule has 2 aliphatic heterocycles. The minimum absolute atomic E-state index is 0.413. The monoisotopic (exact) mass is 237 g/mol. The Morgan fingerprint density at radius 1 is 1.12 bits per heavy atom. The fraction of sp³-hybridized carbons (Fsp3) is 1.00. The molecule has 0 aromatic heterocycles. The molecule has 1 saturated carbocycles. The Bertz CT molecular complexity index is 268. The first-order valence-electron chi connectivity index (χ1n) is 7.70. The highest BCUT2D eigenvalue weighted by atomic mass is 16.5. The lowest BCUT2D eigenvalue weighted by molar-refractivity contribution is 0.0737. The molecule has 98 valence electrons. The number of hydrogen-bond acceptors (Lipinski definition) is 2. The molecule has 3 fully saturated rings. The Morgan fingerprint density at radius 3 is 2.59 bits per heavy atom. The van der Waals surface area contributed by atoms with E-state index >= 15 is 0 Å². The van der Waals surface area contributed by atoms with Crippen molar-refractivity contribution in [3.63, 3.8) is 0 Å². The molecular formula is C15H27NO. The van der Waals surface area contributed by atoms with Crippen LogP contribution in [0.1, 0.15) is 58.3 Å². The van der Waals surface area contributed by atoms with Gasteiger partial charge in [0, 0.05) is 12.0 Å². The molecule has 3 aliphatic rings. The van der Waals surface area contributed by atoms with E-state index in [4.69, 9.17) is 10.5 Å². The van der Waals surface area contributed by atoms with Gasteiger partial charge in [0.2, 0.25) is 0 Å². The van der Waals surface area contributed by atoms with Crippen LogP contribution in [0.3, 0.4) is 0 Å². The van der Waals surface area contributed by atoms with Gasteiger partial charge in [0.1, 0.15) is 0 Å². The summed E-state index contributed by atoms with van der Waals surface area (Å²) in [6.45, 7) is 2.34. The van der Waals surface area contributed by atoms with Crippen molar-refractivity contribution in [1.82, 2.24) is 0 Å². The van der Waals surface area contributed by atoms with E-state index in [1.807, 2.05) is 0 Å². The molecule has 3 rings (SSSR count). The Labute approximate surface area is 105 Å². The molecule has 2 nitrogen and oxygen atoms in total. The third kappa shape index (κ3) is 2.15. The number of ether oxygens (including phenoxy) is 1. The van der Waals surface area contributed by atoms with Gasteiger partial charge >= 0.3 is 0 Å². The van der Waals surface area contributed by atoms with Crippen molar-refractivity contribution in [3.05, 3.63) is 0 Å². The molecule has 6 unspecified atom stereocenters. The zero-order valence-electron chi connectivity index (χ0n) is 11.1. The van der Waals surface area contributed by atoms with E-state index in [-0.39, 0.29) is 0 Å². The van der Waals surface area contributed by atoms with Gasteiger partial charge in [-0.1, -0.05) is 32.6 Å². The largest absolute Gasteiger partial charge is 0.375 e. The van der Waals surface area contributed by atoms with E-state index in [1.54, 1.807) is 0 Å². The maximum absolute atomic E-state index is 6.63. The van der Waals surface area contributed by atoms with Crippen LogP contribution < -0.4 is 5.73 Å². The number of fused-ring (bicyclic) bond motifs is 2. The molecule has 0 aromatic carbocycles. The van der Waals surface area contributed by atoms with Crippen molar-refractivity contribution < 1.29 is 4.74 Å². The third-order valence-electron chi connectivity index (χ3n) is 5.63. The predicted octanol–water partition coefficient (Wildman–Crippen LogP) is 3.10. The van der Waals surface area contributed by atoms with Gasteiger partial charge in [-0.05, 0) is 37.5 Å². The summed E-state index contributed by atoms with van der Waals surface area (Å²) in [5, 5.41) is 0. The second-order valence-corrected chi connectivity index (χ2v) is 6.47. The first-order chi connectivity index (χ1) is 8.29. The van der Waals surface area contributed by atoms with E-state index in [2.05, 4.69) is 6.92 Å². The van der Waals surface area contributed by atoms with Gasteiger partial charge in [-0.25, -0.2) is 0 Å². The molecule has 2 bridgehead atoms. The number of nitrogens with two attached hydrogens (primary N) is 1. The summed E-state index contributed by atoms with van der Waals surface area (Å²) in [5.74, 6) is 2.34. The quantitative estimate of drug-likeness (QED) is 0.818. The molecule has 0 spiro atoms. The van der Waals surface area contributed by atoms with Crippen LogP contribution in [0.4, 0.5) is 0 Å². The number of hydrogen-bond donors (Lipinski definition) is 1. The SMILES string of the molecule is CCC1CCCCC1C(N)C1CC2CCC1O2. The van der Waals surface area contributed by atoms with Crippen LogP contribution >= 0.6 is 0 Å². The van der Waals surface area contributed by atoms with E-state index in [1.165, 1.54) is 51.4 Å². The summed E-state index contributed by atoms with van der Waals surface area (Å²) in [6, 6.07) is 0.413. The summed E-state index contributed by atoms with van der Waals surface area (Å²) >= 11 is 0. The van der Waals surface area contributed by atoms with Crippen molar-refractivity contribution in [2.75, 3.05) is 0 Å². The van der Waals surface area contributed by atoms with Crippen LogP contribution in [0, 0.1) is 17.8 Å². The van der Waals surface area contributed by atoms with Gasteiger partial charge in [0.15, 0.2) is 0 Å².